The molecular weight excluding hydrogens is 1190 g/mol. The second kappa shape index (κ2) is 37.4. The Morgan fingerprint density at radius 2 is 0.868 bits per heavy atom. The molecule has 2 aromatic rings. The van der Waals surface area contributed by atoms with E-state index < -0.39 is 76.4 Å². The SMILES string of the molecule is C.C.CC(C)(C)OC(=O)N1CCN(CCOCCOCCOCCN)CC1.CC(C)(C)OC(=O)N1CCN(CCOCCOCCOCCNc2ccc3c(c2)C(=O)N(C2CCC(=O)NC2=O)C3=O)CC1.O=C1CCC(N2C(=O)c3ccc(F)cc3C2=O)C(=O)N1. The largest absolute Gasteiger partial charge is 0.444 e. The topological polar surface area (TPSA) is 326 Å². The van der Waals surface area contributed by atoms with Crippen molar-refractivity contribution in [3.8, 4) is 0 Å². The van der Waals surface area contributed by atoms with Crippen LogP contribution in [-0.4, -0.2) is 270 Å². The second-order valence-corrected chi connectivity index (χ2v) is 23.4. The molecule has 6 aliphatic heterocycles. The van der Waals surface area contributed by atoms with E-state index in [1.807, 2.05) is 41.5 Å². The molecule has 0 radical (unpaired) electrons. The Morgan fingerprint density at radius 3 is 1.26 bits per heavy atom. The van der Waals surface area contributed by atoms with Crippen molar-refractivity contribution in [2.45, 2.75) is 105 Å². The van der Waals surface area contributed by atoms with Crippen LogP contribution in [0.25, 0.3) is 0 Å². The molecule has 2 unspecified atom stereocenters. The maximum absolute atomic E-state index is 13.2. The highest BCUT2D eigenvalue weighted by Crippen LogP contribution is 2.31. The lowest BCUT2D eigenvalue weighted by Gasteiger charge is -2.35. The van der Waals surface area contributed by atoms with Gasteiger partial charge in [-0.3, -0.25) is 68.6 Å². The third kappa shape index (κ3) is 24.2. The van der Waals surface area contributed by atoms with Crippen LogP contribution in [0.2, 0.25) is 0 Å². The van der Waals surface area contributed by atoms with Crippen LogP contribution >= 0.6 is 0 Å². The molecule has 0 bridgehead atoms. The number of piperidine rings is 2. The van der Waals surface area contributed by atoms with Crippen molar-refractivity contribution in [1.82, 2.24) is 40.0 Å². The number of rotatable bonds is 26. The van der Waals surface area contributed by atoms with Gasteiger partial charge in [0.05, 0.1) is 102 Å². The number of carbonyl (C=O) groups is 10. The van der Waals surface area contributed by atoms with Gasteiger partial charge in [0.1, 0.15) is 29.1 Å². The lowest BCUT2D eigenvalue weighted by molar-refractivity contribution is -0.137. The van der Waals surface area contributed by atoms with Crippen LogP contribution < -0.4 is 21.7 Å². The monoisotopic (exact) mass is 1290 g/mol. The second-order valence-electron chi connectivity index (χ2n) is 23.4. The van der Waals surface area contributed by atoms with E-state index in [0.29, 0.717) is 124 Å². The average molecular weight is 1290 g/mol. The number of nitrogens with zero attached hydrogens (tertiary/aromatic N) is 6. The number of fused-ring (bicyclic) bond motifs is 2. The van der Waals surface area contributed by atoms with Gasteiger partial charge in [0.2, 0.25) is 23.6 Å². The van der Waals surface area contributed by atoms with Gasteiger partial charge < -0.3 is 58.7 Å². The number of anilines is 1. The molecule has 2 atom stereocenters. The number of nitrogens with two attached hydrogens (primary N) is 1. The van der Waals surface area contributed by atoms with Gasteiger partial charge in [-0.25, -0.2) is 14.0 Å². The Bertz CT molecular complexity index is 2780. The van der Waals surface area contributed by atoms with E-state index in [1.54, 1.807) is 28.0 Å². The fraction of sp³-hybridized carbons (Fsp3) is 0.645. The minimum Gasteiger partial charge on any atom is -0.444 e. The van der Waals surface area contributed by atoms with Gasteiger partial charge in [0, 0.05) is 97.1 Å². The molecule has 5 N–H and O–H groups in total. The van der Waals surface area contributed by atoms with Gasteiger partial charge in [-0.15, -0.1) is 0 Å². The van der Waals surface area contributed by atoms with Gasteiger partial charge in [-0.2, -0.15) is 0 Å². The Labute approximate surface area is 532 Å². The van der Waals surface area contributed by atoms with Crippen molar-refractivity contribution in [2.24, 2.45) is 5.73 Å². The standard InChI is InChI=1S/C30H43N5O9.C17H35N3O5.C13H9FN2O4.2CH4/c1-30(2,3)44-29(40)34-11-9-33(10-12-34)13-15-42-17-19-43-18-16-41-14-8-31-21-4-5-22-23(20-21)28(39)35(27(22)38)24-6-7-25(36)32-26(24)37;1-17(2,3)25-16(21)20-7-5-19(6-8-20)9-11-23-13-15-24-14-12-22-10-4-18;14-6-1-2-7-8(5-6)13(20)16(12(7)19)9-3-4-10(17)15-11(9)18;;/h4-5,20,24,31H,6-19H2,1-3H3,(H,32,36,37);4-15,18H2,1-3H3;1-2,5,9H,3-4H2,(H,15,17,18);2*1H4. The highest BCUT2D eigenvalue weighted by atomic mass is 19.1. The van der Waals surface area contributed by atoms with Gasteiger partial charge in [-0.05, 0) is 90.8 Å². The Kier molecular flexibility index (Phi) is 31.4. The Balaban J connectivity index is 0.000000317. The fourth-order valence-corrected chi connectivity index (χ4v) is 9.81. The zero-order valence-electron chi connectivity index (χ0n) is 51.9. The summed E-state index contributed by atoms with van der Waals surface area (Å²) in [5.74, 6) is -5.22. The van der Waals surface area contributed by atoms with Gasteiger partial charge in [0.15, 0.2) is 0 Å². The van der Waals surface area contributed by atoms with E-state index in [-0.39, 0.29) is 75.0 Å². The number of hydrogen-bond donors (Lipinski definition) is 4. The van der Waals surface area contributed by atoms with E-state index in [0.717, 1.165) is 61.2 Å². The maximum Gasteiger partial charge on any atom is 0.410 e. The van der Waals surface area contributed by atoms with Crippen molar-refractivity contribution in [1.29, 1.82) is 0 Å². The summed E-state index contributed by atoms with van der Waals surface area (Å²) in [5.41, 5.74) is 5.51. The number of imide groups is 4. The third-order valence-corrected chi connectivity index (χ3v) is 14.3. The summed E-state index contributed by atoms with van der Waals surface area (Å²) in [7, 11) is 0. The molecule has 29 heteroatoms. The van der Waals surface area contributed by atoms with Gasteiger partial charge >= 0.3 is 12.2 Å². The number of halogens is 1. The molecule has 8 rings (SSSR count). The van der Waals surface area contributed by atoms with Gasteiger partial charge in [-0.1, -0.05) is 14.9 Å². The Hall–Kier alpha value is -7.09. The minimum atomic E-state index is -1.02. The smallest absolute Gasteiger partial charge is 0.410 e. The average Bonchev–Trinajstić information content (AvgIpc) is 1.63. The first-order valence-corrected chi connectivity index (χ1v) is 30.1. The van der Waals surface area contributed by atoms with Crippen molar-refractivity contribution in [3.05, 3.63) is 64.5 Å². The van der Waals surface area contributed by atoms with E-state index >= 15 is 0 Å². The highest BCUT2D eigenvalue weighted by molar-refractivity contribution is 6.24. The van der Waals surface area contributed by atoms with Crippen LogP contribution in [0.1, 0.15) is 124 Å². The molecule has 4 saturated heterocycles. The van der Waals surface area contributed by atoms with Crippen molar-refractivity contribution >= 4 is 65.1 Å². The molecule has 0 aromatic heterocycles. The van der Waals surface area contributed by atoms with Crippen LogP contribution in [-0.2, 0) is 57.1 Å². The number of benzene rings is 2. The summed E-state index contributed by atoms with van der Waals surface area (Å²) in [5, 5.41) is 7.44. The molecule has 0 spiro atoms. The molecule has 10 amide bonds. The summed E-state index contributed by atoms with van der Waals surface area (Å²) in [6.45, 7) is 26.2. The van der Waals surface area contributed by atoms with Crippen molar-refractivity contribution in [2.75, 3.05) is 163 Å². The normalized spacial score (nSPS) is 18.6. The summed E-state index contributed by atoms with van der Waals surface area (Å²) < 4.78 is 56.9. The number of hydrogen-bond acceptors (Lipinski definition) is 22. The maximum atomic E-state index is 13.2. The highest BCUT2D eigenvalue weighted by Gasteiger charge is 2.46. The van der Waals surface area contributed by atoms with Crippen molar-refractivity contribution in [3.63, 3.8) is 0 Å². The van der Waals surface area contributed by atoms with Crippen LogP contribution in [0.5, 0.6) is 0 Å². The Morgan fingerprint density at radius 1 is 0.505 bits per heavy atom. The lowest BCUT2D eigenvalue weighted by atomic mass is 10.0. The summed E-state index contributed by atoms with van der Waals surface area (Å²) in [6, 6.07) is 6.12. The van der Waals surface area contributed by atoms with Crippen molar-refractivity contribution < 1.29 is 90.2 Å². The minimum absolute atomic E-state index is 0. The quantitative estimate of drug-likeness (QED) is 0.0776. The first-order valence-electron chi connectivity index (χ1n) is 30.1. The molecule has 2 aromatic carbocycles. The predicted molar refractivity (Wildman–Crippen MR) is 331 cm³/mol. The lowest BCUT2D eigenvalue weighted by Crippen LogP contribution is -2.54. The van der Waals surface area contributed by atoms with E-state index in [4.69, 9.17) is 43.6 Å². The molecule has 0 saturated carbocycles. The zero-order valence-corrected chi connectivity index (χ0v) is 51.9. The molecule has 28 nitrogen and oxygen atoms in total. The number of piperazine rings is 2. The predicted octanol–water partition coefficient (Wildman–Crippen LogP) is 3.15. The third-order valence-electron chi connectivity index (χ3n) is 14.3. The number of ether oxygens (including phenoxy) is 8. The van der Waals surface area contributed by atoms with E-state index in [9.17, 15) is 52.3 Å². The first kappa shape index (κ1) is 76.4. The van der Waals surface area contributed by atoms with Crippen LogP contribution in [0, 0.1) is 5.82 Å². The van der Waals surface area contributed by atoms with Gasteiger partial charge in [0.25, 0.3) is 23.6 Å². The number of amides is 10. The van der Waals surface area contributed by atoms with Crippen LogP contribution in [0.3, 0.4) is 0 Å². The molecule has 91 heavy (non-hydrogen) atoms. The number of carbonyl (C=O) groups excluding carboxylic acids is 10. The van der Waals surface area contributed by atoms with E-state index in [1.165, 1.54) is 6.07 Å². The summed E-state index contributed by atoms with van der Waals surface area (Å²) in [4.78, 5) is 130. The molecule has 6 aliphatic rings. The fourth-order valence-electron chi connectivity index (χ4n) is 9.81. The molecule has 6 heterocycles. The molecule has 4 fully saturated rings. The summed E-state index contributed by atoms with van der Waals surface area (Å²) >= 11 is 0. The van der Waals surface area contributed by atoms with Crippen LogP contribution in [0.15, 0.2) is 36.4 Å². The summed E-state index contributed by atoms with van der Waals surface area (Å²) in [6.07, 6.45) is -0.156. The first-order chi connectivity index (χ1) is 42.4. The molecule has 508 valence electrons. The number of nitrogens with one attached hydrogen (secondary N) is 3. The molecule has 0 aliphatic carbocycles. The zero-order chi connectivity index (χ0) is 64.7. The van der Waals surface area contributed by atoms with Crippen LogP contribution in [0.4, 0.5) is 19.7 Å². The van der Waals surface area contributed by atoms with E-state index in [2.05, 4.69) is 25.8 Å². The molecular formula is C62H95FN10O18.